The lowest BCUT2D eigenvalue weighted by atomic mass is 10.2. The number of rotatable bonds is 4. The second kappa shape index (κ2) is 7.77. The molecule has 1 amide bonds. The van der Waals surface area contributed by atoms with Crippen LogP contribution in [0.4, 0.5) is 23.7 Å². The number of carbonyl (C=O) groups excluding carboxylic acids is 2. The summed E-state index contributed by atoms with van der Waals surface area (Å²) in [7, 11) is 0. The van der Waals surface area contributed by atoms with Crippen molar-refractivity contribution in [1.82, 2.24) is 0 Å². The van der Waals surface area contributed by atoms with Crippen molar-refractivity contribution in [1.29, 1.82) is 0 Å². The van der Waals surface area contributed by atoms with E-state index in [1.165, 1.54) is 17.5 Å². The van der Waals surface area contributed by atoms with Gasteiger partial charge in [0.05, 0.1) is 11.7 Å². The van der Waals surface area contributed by atoms with Gasteiger partial charge in [0.1, 0.15) is 10.6 Å². The summed E-state index contributed by atoms with van der Waals surface area (Å²) in [5.41, 5.74) is -0.530. The van der Waals surface area contributed by atoms with Crippen molar-refractivity contribution in [2.45, 2.75) is 33.1 Å². The number of esters is 1. The van der Waals surface area contributed by atoms with Gasteiger partial charge in [0.25, 0.3) is 0 Å². The molecule has 0 aliphatic heterocycles. The SMILES string of the molecule is Cc1c(OC(=O)Nc2cccc(C(F)(F)F)c2)csc1C(=O)OC(C)C. The number of thiophene rings is 1. The second-order valence-electron chi connectivity index (χ2n) is 5.60. The van der Waals surface area contributed by atoms with Crippen LogP contribution in [0.2, 0.25) is 0 Å². The first kappa shape index (κ1) is 19.8. The Balaban J connectivity index is 2.07. The number of halogens is 3. The van der Waals surface area contributed by atoms with E-state index in [2.05, 4.69) is 5.32 Å². The molecule has 0 fully saturated rings. The van der Waals surface area contributed by atoms with Gasteiger partial charge < -0.3 is 9.47 Å². The minimum absolute atomic E-state index is 0.0582. The summed E-state index contributed by atoms with van der Waals surface area (Å²) in [6.07, 6.45) is -5.77. The van der Waals surface area contributed by atoms with Gasteiger partial charge in [-0.05, 0) is 39.0 Å². The van der Waals surface area contributed by atoms with E-state index in [1.807, 2.05) is 0 Å². The van der Waals surface area contributed by atoms with Gasteiger partial charge in [0.15, 0.2) is 0 Å². The van der Waals surface area contributed by atoms with Gasteiger partial charge in [0, 0.05) is 16.6 Å². The first-order chi connectivity index (χ1) is 12.1. The first-order valence-electron chi connectivity index (χ1n) is 7.53. The fraction of sp³-hybridized carbons (Fsp3) is 0.294. The first-order valence-corrected chi connectivity index (χ1v) is 8.41. The van der Waals surface area contributed by atoms with Crippen molar-refractivity contribution >= 4 is 29.1 Å². The summed E-state index contributed by atoms with van der Waals surface area (Å²) >= 11 is 1.05. The average Bonchev–Trinajstić information content (AvgIpc) is 2.87. The van der Waals surface area contributed by atoms with E-state index in [-0.39, 0.29) is 17.5 Å². The summed E-state index contributed by atoms with van der Waals surface area (Å²) in [5.74, 6) is -0.397. The lowest BCUT2D eigenvalue weighted by Crippen LogP contribution is -2.17. The van der Waals surface area contributed by atoms with Crippen molar-refractivity contribution in [2.24, 2.45) is 0 Å². The molecule has 0 radical (unpaired) electrons. The third kappa shape index (κ3) is 4.98. The molecule has 1 N–H and O–H groups in total. The van der Waals surface area contributed by atoms with Crippen molar-refractivity contribution in [3.8, 4) is 5.75 Å². The standard InChI is InChI=1S/C17H16F3NO4S/c1-9(2)24-15(22)14-10(3)13(8-26-14)25-16(23)21-12-6-4-5-11(7-12)17(18,19)20/h4-9H,1-3H3,(H,21,23). The number of hydrogen-bond acceptors (Lipinski definition) is 5. The highest BCUT2D eigenvalue weighted by molar-refractivity contribution is 7.12. The van der Waals surface area contributed by atoms with Gasteiger partial charge in [0.2, 0.25) is 0 Å². The van der Waals surface area contributed by atoms with E-state index < -0.39 is 23.8 Å². The van der Waals surface area contributed by atoms with E-state index in [4.69, 9.17) is 9.47 Å². The summed E-state index contributed by atoms with van der Waals surface area (Å²) in [4.78, 5) is 24.1. The second-order valence-corrected chi connectivity index (χ2v) is 6.48. The molecule has 140 valence electrons. The summed E-state index contributed by atoms with van der Waals surface area (Å²) in [6, 6.07) is 4.18. The molecule has 0 unspecified atom stereocenters. The molecule has 0 aliphatic rings. The van der Waals surface area contributed by atoms with Crippen LogP contribution < -0.4 is 10.1 Å². The largest absolute Gasteiger partial charge is 0.459 e. The number of carbonyl (C=O) groups is 2. The Hall–Kier alpha value is -2.55. The van der Waals surface area contributed by atoms with Crippen molar-refractivity contribution in [3.63, 3.8) is 0 Å². The lowest BCUT2D eigenvalue weighted by molar-refractivity contribution is -0.137. The molecule has 26 heavy (non-hydrogen) atoms. The Kier molecular flexibility index (Phi) is 5.91. The highest BCUT2D eigenvalue weighted by Gasteiger charge is 2.30. The van der Waals surface area contributed by atoms with E-state index in [9.17, 15) is 22.8 Å². The predicted molar refractivity (Wildman–Crippen MR) is 90.7 cm³/mol. The molecule has 1 aromatic carbocycles. The maximum absolute atomic E-state index is 12.7. The fourth-order valence-corrected chi connectivity index (χ4v) is 2.86. The molecule has 5 nitrogen and oxygen atoms in total. The maximum atomic E-state index is 12.7. The maximum Gasteiger partial charge on any atom is 0.417 e. The third-order valence-electron chi connectivity index (χ3n) is 3.16. The molecular weight excluding hydrogens is 371 g/mol. The summed E-state index contributed by atoms with van der Waals surface area (Å²) in [6.45, 7) is 5.00. The van der Waals surface area contributed by atoms with Crippen molar-refractivity contribution < 1.29 is 32.2 Å². The smallest absolute Gasteiger partial charge is 0.417 e. The van der Waals surface area contributed by atoms with E-state index in [0.29, 0.717) is 10.4 Å². The topological polar surface area (TPSA) is 64.6 Å². The Morgan fingerprint density at radius 1 is 1.23 bits per heavy atom. The van der Waals surface area contributed by atoms with E-state index >= 15 is 0 Å². The molecule has 0 saturated carbocycles. The minimum Gasteiger partial charge on any atom is -0.459 e. The highest BCUT2D eigenvalue weighted by Crippen LogP contribution is 2.32. The van der Waals surface area contributed by atoms with Crippen LogP contribution >= 0.6 is 11.3 Å². The van der Waals surface area contributed by atoms with Crippen LogP contribution in [0.1, 0.15) is 34.6 Å². The van der Waals surface area contributed by atoms with Crippen LogP contribution in [0, 0.1) is 6.92 Å². The van der Waals surface area contributed by atoms with Gasteiger partial charge in [-0.3, -0.25) is 5.32 Å². The van der Waals surface area contributed by atoms with Crippen LogP contribution in [0.5, 0.6) is 5.75 Å². The Morgan fingerprint density at radius 2 is 1.92 bits per heavy atom. The van der Waals surface area contributed by atoms with Gasteiger partial charge in [-0.1, -0.05) is 6.07 Å². The Labute approximate surface area is 151 Å². The van der Waals surface area contributed by atoms with Crippen molar-refractivity contribution in [3.05, 3.63) is 45.6 Å². The number of alkyl halides is 3. The van der Waals surface area contributed by atoms with E-state index in [1.54, 1.807) is 20.8 Å². The molecule has 0 spiro atoms. The normalized spacial score (nSPS) is 11.3. The molecule has 0 saturated heterocycles. The van der Waals surface area contributed by atoms with Gasteiger partial charge in [-0.2, -0.15) is 13.2 Å². The van der Waals surface area contributed by atoms with Gasteiger partial charge >= 0.3 is 18.2 Å². The van der Waals surface area contributed by atoms with Crippen LogP contribution in [-0.4, -0.2) is 18.2 Å². The number of benzene rings is 1. The number of anilines is 1. The van der Waals surface area contributed by atoms with Crippen LogP contribution in [0.25, 0.3) is 0 Å². The monoisotopic (exact) mass is 387 g/mol. The molecule has 9 heteroatoms. The van der Waals surface area contributed by atoms with Crippen LogP contribution in [-0.2, 0) is 10.9 Å². The molecule has 0 bridgehead atoms. The van der Waals surface area contributed by atoms with E-state index in [0.717, 1.165) is 23.5 Å². The number of nitrogens with one attached hydrogen (secondary N) is 1. The zero-order valence-corrected chi connectivity index (χ0v) is 15.0. The number of amides is 1. The molecular formula is C17H16F3NO4S. The van der Waals surface area contributed by atoms with Crippen molar-refractivity contribution in [2.75, 3.05) is 5.32 Å². The Bertz CT molecular complexity index is 815. The van der Waals surface area contributed by atoms with Gasteiger partial charge in [-0.25, -0.2) is 9.59 Å². The molecule has 2 aromatic rings. The lowest BCUT2D eigenvalue weighted by Gasteiger charge is -2.10. The molecule has 0 aliphatic carbocycles. The zero-order chi connectivity index (χ0) is 19.5. The molecule has 0 atom stereocenters. The minimum atomic E-state index is -4.52. The number of hydrogen-bond donors (Lipinski definition) is 1. The molecule has 2 rings (SSSR count). The quantitative estimate of drug-likeness (QED) is 0.728. The number of ether oxygens (including phenoxy) is 2. The molecule has 1 aromatic heterocycles. The Morgan fingerprint density at radius 3 is 2.54 bits per heavy atom. The zero-order valence-electron chi connectivity index (χ0n) is 14.1. The molecule has 1 heterocycles. The highest BCUT2D eigenvalue weighted by atomic mass is 32.1. The fourth-order valence-electron chi connectivity index (χ4n) is 1.99. The van der Waals surface area contributed by atoms with Gasteiger partial charge in [-0.15, -0.1) is 11.3 Å². The van der Waals surface area contributed by atoms with Crippen LogP contribution in [0.15, 0.2) is 29.6 Å². The summed E-state index contributed by atoms with van der Waals surface area (Å²) in [5, 5.41) is 3.68. The summed E-state index contributed by atoms with van der Waals surface area (Å²) < 4.78 is 48.2. The third-order valence-corrected chi connectivity index (χ3v) is 4.20. The van der Waals surface area contributed by atoms with Crippen LogP contribution in [0.3, 0.4) is 0 Å². The predicted octanol–water partition coefficient (Wildman–Crippen LogP) is 5.25. The average molecular weight is 387 g/mol.